The molecule has 1 heterocycles. The second-order valence-corrected chi connectivity index (χ2v) is 4.73. The Bertz CT molecular complexity index is 278. The van der Waals surface area contributed by atoms with Gasteiger partial charge in [0, 0.05) is 26.3 Å². The van der Waals surface area contributed by atoms with Crippen LogP contribution in [0, 0.1) is 0 Å². The maximum absolute atomic E-state index is 5.70. The van der Waals surface area contributed by atoms with Gasteiger partial charge in [-0.3, -0.25) is 0 Å². The van der Waals surface area contributed by atoms with E-state index in [1.54, 1.807) is 24.0 Å². The van der Waals surface area contributed by atoms with Gasteiger partial charge in [-0.1, -0.05) is 24.4 Å². The first-order valence-electron chi connectivity index (χ1n) is 5.67. The van der Waals surface area contributed by atoms with Crippen molar-refractivity contribution < 1.29 is 0 Å². The Morgan fingerprint density at radius 1 is 1.38 bits per heavy atom. The first-order chi connectivity index (χ1) is 7.81. The van der Waals surface area contributed by atoms with Crippen molar-refractivity contribution in [2.24, 2.45) is 5.73 Å². The van der Waals surface area contributed by atoms with Crippen LogP contribution in [0.3, 0.4) is 0 Å². The summed E-state index contributed by atoms with van der Waals surface area (Å²) in [5, 5.41) is 5.33. The normalized spacial score (nSPS) is 18.4. The van der Waals surface area contributed by atoms with E-state index in [2.05, 4.69) is 16.8 Å². The zero-order valence-electron chi connectivity index (χ0n) is 9.91. The molecule has 0 aromatic heterocycles. The van der Waals surface area contributed by atoms with Crippen LogP contribution in [0.2, 0.25) is 0 Å². The number of hydrogen-bond donors (Lipinski definition) is 2. The Kier molecular flexibility index (Phi) is 5.93. The molecule has 1 aliphatic heterocycles. The molecule has 0 spiro atoms. The van der Waals surface area contributed by atoms with Crippen molar-refractivity contribution >= 4 is 11.8 Å². The van der Waals surface area contributed by atoms with E-state index in [1.165, 1.54) is 19.3 Å². The highest BCUT2D eigenvalue weighted by atomic mass is 32.2. The van der Waals surface area contributed by atoms with Crippen LogP contribution in [0.25, 0.3) is 0 Å². The van der Waals surface area contributed by atoms with E-state index in [9.17, 15) is 0 Å². The van der Waals surface area contributed by atoms with Gasteiger partial charge in [-0.25, -0.2) is 0 Å². The second-order valence-electron chi connectivity index (χ2n) is 3.67. The van der Waals surface area contributed by atoms with Crippen LogP contribution in [0.15, 0.2) is 35.0 Å². The molecule has 4 heteroatoms. The third-order valence-corrected chi connectivity index (χ3v) is 3.70. The number of nitrogens with one attached hydrogen (secondary N) is 1. The summed E-state index contributed by atoms with van der Waals surface area (Å²) in [5.41, 5.74) is 5.70. The number of likely N-dealkylation sites (tertiary alicyclic amines) is 1. The van der Waals surface area contributed by atoms with Crippen molar-refractivity contribution in [1.82, 2.24) is 10.2 Å². The molecule has 0 radical (unpaired) electrons. The summed E-state index contributed by atoms with van der Waals surface area (Å²) in [4.78, 5) is 2.35. The monoisotopic (exact) mass is 239 g/mol. The first-order valence-corrected chi connectivity index (χ1v) is 6.48. The number of nitrogens with zero attached hydrogens (tertiary/aromatic N) is 1. The quantitative estimate of drug-likeness (QED) is 0.722. The fourth-order valence-electron chi connectivity index (χ4n) is 1.71. The fraction of sp³-hybridized carbons (Fsp3) is 0.500. The largest absolute Gasteiger partial charge is 0.402 e. The number of rotatable bonds is 5. The van der Waals surface area contributed by atoms with Gasteiger partial charge in [0.2, 0.25) is 0 Å². The van der Waals surface area contributed by atoms with Crippen molar-refractivity contribution in [3.05, 3.63) is 35.0 Å². The molecule has 1 fully saturated rings. The molecule has 3 nitrogen and oxygen atoms in total. The van der Waals surface area contributed by atoms with Crippen molar-refractivity contribution in [2.45, 2.75) is 19.3 Å². The summed E-state index contributed by atoms with van der Waals surface area (Å²) in [6.07, 6.45) is 9.29. The average Bonchev–Trinajstić information content (AvgIpc) is 2.35. The topological polar surface area (TPSA) is 41.3 Å². The third-order valence-electron chi connectivity index (χ3n) is 2.54. The summed E-state index contributed by atoms with van der Waals surface area (Å²) in [6, 6.07) is 0. The van der Waals surface area contributed by atoms with Crippen LogP contribution < -0.4 is 11.1 Å². The van der Waals surface area contributed by atoms with Crippen molar-refractivity contribution in [3.63, 3.8) is 0 Å². The molecule has 3 N–H and O–H groups in total. The molecular formula is C12H21N3S. The summed E-state index contributed by atoms with van der Waals surface area (Å²) < 4.78 is 0. The lowest BCUT2D eigenvalue weighted by Crippen LogP contribution is -2.28. The lowest BCUT2D eigenvalue weighted by Gasteiger charge is -2.30. The zero-order chi connectivity index (χ0) is 11.8. The Morgan fingerprint density at radius 3 is 2.56 bits per heavy atom. The van der Waals surface area contributed by atoms with E-state index in [0.29, 0.717) is 0 Å². The van der Waals surface area contributed by atoms with Crippen molar-refractivity contribution in [3.8, 4) is 0 Å². The number of nitrogens with two attached hydrogens (primary N) is 1. The van der Waals surface area contributed by atoms with Gasteiger partial charge in [0.1, 0.15) is 0 Å². The summed E-state index contributed by atoms with van der Waals surface area (Å²) in [6.45, 7) is 5.92. The maximum Gasteiger partial charge on any atom is 0.0927 e. The highest BCUT2D eigenvalue weighted by Crippen LogP contribution is 2.28. The minimum absolute atomic E-state index is 1.07. The SMILES string of the molecule is C=C/C=C(\NC)S/C(=C\N)N1CCCCC1. The number of thioether (sulfide) groups is 1. The van der Waals surface area contributed by atoms with Gasteiger partial charge in [-0.15, -0.1) is 0 Å². The maximum atomic E-state index is 5.70. The molecule has 0 unspecified atom stereocenters. The lowest BCUT2D eigenvalue weighted by atomic mass is 10.1. The van der Waals surface area contributed by atoms with Crippen LogP contribution in [-0.2, 0) is 0 Å². The Labute approximate surface area is 102 Å². The number of hydrogen-bond acceptors (Lipinski definition) is 4. The highest BCUT2D eigenvalue weighted by molar-refractivity contribution is 8.06. The molecular weight excluding hydrogens is 218 g/mol. The molecule has 1 saturated heterocycles. The van der Waals surface area contributed by atoms with Gasteiger partial charge in [0.25, 0.3) is 0 Å². The minimum Gasteiger partial charge on any atom is -0.402 e. The Hall–Kier alpha value is -1.03. The molecule has 16 heavy (non-hydrogen) atoms. The predicted molar refractivity (Wildman–Crippen MR) is 72.6 cm³/mol. The lowest BCUT2D eigenvalue weighted by molar-refractivity contribution is 0.302. The van der Waals surface area contributed by atoms with Gasteiger partial charge in [-0.2, -0.15) is 0 Å². The van der Waals surface area contributed by atoms with Gasteiger partial charge < -0.3 is 16.0 Å². The molecule has 0 aromatic rings. The molecule has 1 aliphatic rings. The van der Waals surface area contributed by atoms with E-state index < -0.39 is 0 Å². The van der Waals surface area contributed by atoms with E-state index in [-0.39, 0.29) is 0 Å². The van der Waals surface area contributed by atoms with E-state index in [1.807, 2.05) is 13.1 Å². The van der Waals surface area contributed by atoms with E-state index >= 15 is 0 Å². The van der Waals surface area contributed by atoms with E-state index in [0.717, 1.165) is 23.1 Å². The average molecular weight is 239 g/mol. The van der Waals surface area contributed by atoms with E-state index in [4.69, 9.17) is 5.73 Å². The summed E-state index contributed by atoms with van der Waals surface area (Å²) >= 11 is 1.66. The molecule has 0 amide bonds. The molecule has 1 rings (SSSR count). The first kappa shape index (κ1) is 13.0. The minimum atomic E-state index is 1.07. The van der Waals surface area contributed by atoms with Gasteiger partial charge in [0.05, 0.1) is 10.1 Å². The number of piperidine rings is 1. The Balaban J connectivity index is 2.60. The fourth-order valence-corrected chi connectivity index (χ4v) is 2.58. The third kappa shape index (κ3) is 3.85. The zero-order valence-corrected chi connectivity index (χ0v) is 10.7. The molecule has 0 aromatic carbocycles. The summed E-state index contributed by atoms with van der Waals surface area (Å²) in [5.74, 6) is 0. The summed E-state index contributed by atoms with van der Waals surface area (Å²) in [7, 11) is 1.91. The molecule has 0 bridgehead atoms. The van der Waals surface area contributed by atoms with Crippen LogP contribution >= 0.6 is 11.8 Å². The standard InChI is InChI=1S/C12H21N3S/c1-3-7-11(14-2)16-12(10-13)15-8-5-4-6-9-15/h3,7,10,14H,1,4-6,8-9,13H2,2H3/b11-7+,12-10-. The smallest absolute Gasteiger partial charge is 0.0927 e. The van der Waals surface area contributed by atoms with Crippen LogP contribution in [0.4, 0.5) is 0 Å². The molecule has 0 atom stereocenters. The molecule has 0 aliphatic carbocycles. The van der Waals surface area contributed by atoms with Gasteiger partial charge in [0.15, 0.2) is 0 Å². The van der Waals surface area contributed by atoms with Crippen molar-refractivity contribution in [2.75, 3.05) is 20.1 Å². The van der Waals surface area contributed by atoms with Crippen LogP contribution in [0.5, 0.6) is 0 Å². The number of allylic oxidation sites excluding steroid dienone is 2. The van der Waals surface area contributed by atoms with Gasteiger partial charge >= 0.3 is 0 Å². The predicted octanol–water partition coefficient (Wildman–Crippen LogP) is 2.21. The van der Waals surface area contributed by atoms with Crippen molar-refractivity contribution in [1.29, 1.82) is 0 Å². The van der Waals surface area contributed by atoms with Gasteiger partial charge in [-0.05, 0) is 25.3 Å². The second kappa shape index (κ2) is 7.28. The molecule has 90 valence electrons. The molecule has 0 saturated carbocycles. The Morgan fingerprint density at radius 2 is 2.06 bits per heavy atom. The van der Waals surface area contributed by atoms with Crippen LogP contribution in [-0.4, -0.2) is 25.0 Å². The highest BCUT2D eigenvalue weighted by Gasteiger charge is 2.14. The van der Waals surface area contributed by atoms with Crippen LogP contribution in [0.1, 0.15) is 19.3 Å².